The van der Waals surface area contributed by atoms with Crippen molar-refractivity contribution < 1.29 is 8.42 Å². The van der Waals surface area contributed by atoms with Crippen molar-refractivity contribution in [2.45, 2.75) is 18.9 Å². The van der Waals surface area contributed by atoms with Crippen molar-refractivity contribution in [2.75, 3.05) is 20.1 Å². The smallest absolute Gasteiger partial charge is 0.276 e. The van der Waals surface area contributed by atoms with E-state index in [2.05, 4.69) is 14.8 Å². The maximum atomic E-state index is 11.0. The van der Waals surface area contributed by atoms with Crippen LogP contribution >= 0.6 is 0 Å². The molecule has 1 heterocycles. The van der Waals surface area contributed by atoms with Crippen LogP contribution in [-0.4, -0.2) is 34.6 Å². The van der Waals surface area contributed by atoms with E-state index in [1.165, 1.54) is 7.05 Å². The Kier molecular flexibility index (Phi) is 3.45. The molecule has 3 N–H and O–H groups in total. The predicted molar refractivity (Wildman–Crippen MR) is 47.0 cm³/mol. The summed E-state index contributed by atoms with van der Waals surface area (Å²) in [5.74, 6) is 0. The zero-order valence-electron chi connectivity index (χ0n) is 7.13. The lowest BCUT2D eigenvalue weighted by Gasteiger charge is -2.22. The van der Waals surface area contributed by atoms with Crippen molar-refractivity contribution in [1.82, 2.24) is 14.8 Å². The van der Waals surface area contributed by atoms with Crippen LogP contribution in [0.4, 0.5) is 0 Å². The maximum absolute atomic E-state index is 11.0. The van der Waals surface area contributed by atoms with Crippen molar-refractivity contribution in [2.24, 2.45) is 0 Å². The van der Waals surface area contributed by atoms with E-state index in [0.717, 1.165) is 25.9 Å². The van der Waals surface area contributed by atoms with E-state index >= 15 is 0 Å². The molecule has 0 amide bonds. The number of rotatable bonds is 3. The van der Waals surface area contributed by atoms with Crippen LogP contribution in [0.25, 0.3) is 0 Å². The number of nitrogens with one attached hydrogen (secondary N) is 3. The Balaban J connectivity index is 2.39. The summed E-state index contributed by atoms with van der Waals surface area (Å²) < 4.78 is 26.8. The quantitative estimate of drug-likeness (QED) is 0.527. The molecule has 1 fully saturated rings. The molecule has 5 nitrogen and oxygen atoms in total. The van der Waals surface area contributed by atoms with Gasteiger partial charge in [-0.15, -0.1) is 0 Å². The molecule has 1 aliphatic rings. The van der Waals surface area contributed by atoms with E-state index in [1.807, 2.05) is 0 Å². The molecule has 0 aromatic rings. The minimum Gasteiger partial charge on any atom is -0.317 e. The van der Waals surface area contributed by atoms with Gasteiger partial charge < -0.3 is 5.32 Å². The summed E-state index contributed by atoms with van der Waals surface area (Å²) in [6.45, 7) is 1.77. The Morgan fingerprint density at radius 1 is 1.33 bits per heavy atom. The zero-order valence-corrected chi connectivity index (χ0v) is 7.95. The highest BCUT2D eigenvalue weighted by molar-refractivity contribution is 7.87. The third kappa shape index (κ3) is 3.06. The van der Waals surface area contributed by atoms with Crippen molar-refractivity contribution >= 4 is 10.2 Å². The highest BCUT2D eigenvalue weighted by atomic mass is 32.2. The highest BCUT2D eigenvalue weighted by Crippen LogP contribution is 2.02. The molecule has 72 valence electrons. The fraction of sp³-hybridized carbons (Fsp3) is 1.00. The highest BCUT2D eigenvalue weighted by Gasteiger charge is 2.17. The lowest BCUT2D eigenvalue weighted by molar-refractivity contribution is 0.425. The van der Waals surface area contributed by atoms with Crippen LogP contribution in [0.2, 0.25) is 0 Å². The summed E-state index contributed by atoms with van der Waals surface area (Å²) in [4.78, 5) is 0. The number of piperidine rings is 1. The van der Waals surface area contributed by atoms with Crippen LogP contribution < -0.4 is 14.8 Å². The van der Waals surface area contributed by atoms with E-state index in [4.69, 9.17) is 0 Å². The molecule has 0 radical (unpaired) electrons. The Morgan fingerprint density at radius 2 is 1.92 bits per heavy atom. The minimum atomic E-state index is -3.25. The van der Waals surface area contributed by atoms with Gasteiger partial charge in [-0.2, -0.15) is 13.1 Å². The molecule has 12 heavy (non-hydrogen) atoms. The van der Waals surface area contributed by atoms with Gasteiger partial charge in [0.1, 0.15) is 0 Å². The SMILES string of the molecule is CNS(=O)(=O)NC1CCNCC1. The maximum Gasteiger partial charge on any atom is 0.276 e. The van der Waals surface area contributed by atoms with E-state index in [9.17, 15) is 8.42 Å². The summed E-state index contributed by atoms with van der Waals surface area (Å²) in [6.07, 6.45) is 1.72. The van der Waals surface area contributed by atoms with Crippen molar-refractivity contribution in [1.29, 1.82) is 0 Å². The molecule has 0 unspecified atom stereocenters. The van der Waals surface area contributed by atoms with Crippen molar-refractivity contribution in [3.8, 4) is 0 Å². The van der Waals surface area contributed by atoms with E-state index in [1.54, 1.807) is 0 Å². The topological polar surface area (TPSA) is 70.2 Å². The molecule has 6 heteroatoms. The summed E-state index contributed by atoms with van der Waals surface area (Å²) in [7, 11) is -1.84. The summed E-state index contributed by atoms with van der Waals surface area (Å²) >= 11 is 0. The van der Waals surface area contributed by atoms with Crippen LogP contribution in [0, 0.1) is 0 Å². The number of hydrogen-bond acceptors (Lipinski definition) is 3. The number of hydrogen-bond donors (Lipinski definition) is 3. The predicted octanol–water partition coefficient (Wildman–Crippen LogP) is -1.21. The van der Waals surface area contributed by atoms with Gasteiger partial charge >= 0.3 is 0 Å². The first-order valence-electron chi connectivity index (χ1n) is 4.05. The van der Waals surface area contributed by atoms with Crippen LogP contribution in [0.5, 0.6) is 0 Å². The lowest BCUT2D eigenvalue weighted by Crippen LogP contribution is -2.46. The minimum absolute atomic E-state index is 0.0868. The standard InChI is InChI=1S/C6H15N3O2S/c1-7-12(10,11)9-6-2-4-8-5-3-6/h6-9H,2-5H2,1H3. The van der Waals surface area contributed by atoms with Gasteiger partial charge in [-0.3, -0.25) is 0 Å². The molecule has 0 aromatic carbocycles. The molecule has 1 aliphatic heterocycles. The molecule has 1 saturated heterocycles. The molecule has 1 rings (SSSR count). The molecule has 0 bridgehead atoms. The molecular weight excluding hydrogens is 178 g/mol. The van der Waals surface area contributed by atoms with Gasteiger partial charge in [-0.1, -0.05) is 0 Å². The molecule has 0 saturated carbocycles. The van der Waals surface area contributed by atoms with Gasteiger partial charge in [0, 0.05) is 13.1 Å². The fourth-order valence-corrected chi connectivity index (χ4v) is 2.01. The summed E-state index contributed by atoms with van der Waals surface area (Å²) in [5.41, 5.74) is 0. The second-order valence-electron chi connectivity index (χ2n) is 2.85. The van der Waals surface area contributed by atoms with Crippen LogP contribution in [-0.2, 0) is 10.2 Å². The molecule has 0 atom stereocenters. The monoisotopic (exact) mass is 193 g/mol. The second-order valence-corrected chi connectivity index (χ2v) is 4.50. The van der Waals surface area contributed by atoms with E-state index in [0.29, 0.717) is 0 Å². The Labute approximate surface area is 73.1 Å². The van der Waals surface area contributed by atoms with Gasteiger partial charge in [-0.25, -0.2) is 4.72 Å². The molecule has 0 spiro atoms. The Morgan fingerprint density at radius 3 is 2.42 bits per heavy atom. The first-order chi connectivity index (χ1) is 5.64. The van der Waals surface area contributed by atoms with Crippen LogP contribution in [0.1, 0.15) is 12.8 Å². The fourth-order valence-electron chi connectivity index (χ4n) is 1.22. The van der Waals surface area contributed by atoms with Gasteiger partial charge in [0.2, 0.25) is 0 Å². The largest absolute Gasteiger partial charge is 0.317 e. The first kappa shape index (κ1) is 9.91. The van der Waals surface area contributed by atoms with Crippen LogP contribution in [0.3, 0.4) is 0 Å². The van der Waals surface area contributed by atoms with Crippen LogP contribution in [0.15, 0.2) is 0 Å². The lowest BCUT2D eigenvalue weighted by atomic mass is 10.1. The van der Waals surface area contributed by atoms with Gasteiger partial charge in [0.25, 0.3) is 10.2 Å². The van der Waals surface area contributed by atoms with E-state index in [-0.39, 0.29) is 6.04 Å². The normalized spacial score (nSPS) is 21.1. The first-order valence-corrected chi connectivity index (χ1v) is 5.54. The summed E-state index contributed by atoms with van der Waals surface area (Å²) in [5, 5.41) is 3.16. The van der Waals surface area contributed by atoms with Gasteiger partial charge in [0.05, 0.1) is 0 Å². The molecule has 0 aromatic heterocycles. The average Bonchev–Trinajstić information content (AvgIpc) is 2.06. The summed E-state index contributed by atoms with van der Waals surface area (Å²) in [6, 6.07) is 0.0868. The van der Waals surface area contributed by atoms with E-state index < -0.39 is 10.2 Å². The second kappa shape index (κ2) is 4.18. The molecule has 0 aliphatic carbocycles. The zero-order chi connectivity index (χ0) is 9.03. The average molecular weight is 193 g/mol. The van der Waals surface area contributed by atoms with Gasteiger partial charge in [-0.05, 0) is 25.9 Å². The Bertz CT molecular complexity index is 221. The molecular formula is C6H15N3O2S. The third-order valence-corrected chi connectivity index (χ3v) is 3.11. The Hall–Kier alpha value is -0.170. The van der Waals surface area contributed by atoms with Gasteiger partial charge in [0.15, 0.2) is 0 Å². The van der Waals surface area contributed by atoms with Crippen molar-refractivity contribution in [3.63, 3.8) is 0 Å². The third-order valence-electron chi connectivity index (χ3n) is 1.93. The van der Waals surface area contributed by atoms with Crippen molar-refractivity contribution in [3.05, 3.63) is 0 Å².